The van der Waals surface area contributed by atoms with E-state index in [2.05, 4.69) is 33.0 Å². The SMILES string of the molecule is CCC1OCCC1CNC1CCCC(C(C)(C)C)CC1. The predicted octanol–water partition coefficient (Wildman–Crippen LogP) is 4.39. The summed E-state index contributed by atoms with van der Waals surface area (Å²) in [6.45, 7) is 11.6. The third kappa shape index (κ3) is 4.46. The van der Waals surface area contributed by atoms with Crippen molar-refractivity contribution in [3.05, 3.63) is 0 Å². The zero-order chi connectivity index (χ0) is 14.6. The predicted molar refractivity (Wildman–Crippen MR) is 86.0 cm³/mol. The Balaban J connectivity index is 1.74. The Labute approximate surface area is 126 Å². The highest BCUT2D eigenvalue weighted by Gasteiger charge is 2.30. The average molecular weight is 281 g/mol. The molecule has 4 unspecified atom stereocenters. The van der Waals surface area contributed by atoms with E-state index in [1.165, 1.54) is 51.5 Å². The standard InChI is InChI=1S/C18H35NO/c1-5-17-14(11-12-20-17)13-19-16-8-6-7-15(9-10-16)18(2,3)4/h14-17,19H,5-13H2,1-4H3. The van der Waals surface area contributed by atoms with Gasteiger partial charge in [0.2, 0.25) is 0 Å². The molecule has 118 valence electrons. The molecule has 2 fully saturated rings. The zero-order valence-corrected chi connectivity index (χ0v) is 14.1. The molecule has 4 atom stereocenters. The lowest BCUT2D eigenvalue weighted by molar-refractivity contribution is 0.0864. The highest BCUT2D eigenvalue weighted by Crippen LogP contribution is 2.36. The van der Waals surface area contributed by atoms with Crippen LogP contribution in [-0.4, -0.2) is 25.3 Å². The Morgan fingerprint density at radius 1 is 1.05 bits per heavy atom. The lowest BCUT2D eigenvalue weighted by Crippen LogP contribution is -2.35. The van der Waals surface area contributed by atoms with Gasteiger partial charge in [0.25, 0.3) is 0 Å². The molecule has 0 radical (unpaired) electrons. The quantitative estimate of drug-likeness (QED) is 0.772. The first-order valence-corrected chi connectivity index (χ1v) is 8.85. The second kappa shape index (κ2) is 7.26. The van der Waals surface area contributed by atoms with Gasteiger partial charge in [0.1, 0.15) is 0 Å². The van der Waals surface area contributed by atoms with Crippen molar-refractivity contribution in [2.45, 2.75) is 84.8 Å². The van der Waals surface area contributed by atoms with Gasteiger partial charge in [0.05, 0.1) is 6.10 Å². The Bertz CT molecular complexity index is 284. The van der Waals surface area contributed by atoms with Crippen molar-refractivity contribution in [3.8, 4) is 0 Å². The molecule has 20 heavy (non-hydrogen) atoms. The van der Waals surface area contributed by atoms with Gasteiger partial charge in [-0.2, -0.15) is 0 Å². The Kier molecular flexibility index (Phi) is 5.92. The summed E-state index contributed by atoms with van der Waals surface area (Å²) in [6, 6.07) is 0.750. The van der Waals surface area contributed by atoms with Crippen LogP contribution in [0.2, 0.25) is 0 Å². The van der Waals surface area contributed by atoms with Crippen LogP contribution in [0.3, 0.4) is 0 Å². The van der Waals surface area contributed by atoms with E-state index in [4.69, 9.17) is 4.74 Å². The summed E-state index contributed by atoms with van der Waals surface area (Å²) < 4.78 is 5.80. The van der Waals surface area contributed by atoms with Crippen LogP contribution in [0, 0.1) is 17.3 Å². The van der Waals surface area contributed by atoms with Crippen molar-refractivity contribution in [1.29, 1.82) is 0 Å². The van der Waals surface area contributed by atoms with Crippen LogP contribution in [0.1, 0.15) is 72.6 Å². The first-order chi connectivity index (χ1) is 9.50. The van der Waals surface area contributed by atoms with Crippen molar-refractivity contribution in [2.24, 2.45) is 17.3 Å². The van der Waals surface area contributed by atoms with Gasteiger partial charge in [0.15, 0.2) is 0 Å². The van der Waals surface area contributed by atoms with Crippen LogP contribution in [-0.2, 0) is 4.74 Å². The van der Waals surface area contributed by atoms with Crippen LogP contribution < -0.4 is 5.32 Å². The van der Waals surface area contributed by atoms with Gasteiger partial charge in [-0.1, -0.05) is 34.1 Å². The summed E-state index contributed by atoms with van der Waals surface area (Å²) in [5.74, 6) is 1.66. The van der Waals surface area contributed by atoms with Gasteiger partial charge in [-0.05, 0) is 55.8 Å². The second-order valence-electron chi connectivity index (χ2n) is 8.04. The Morgan fingerprint density at radius 2 is 1.85 bits per heavy atom. The van der Waals surface area contributed by atoms with E-state index in [1.54, 1.807) is 0 Å². The number of rotatable bonds is 4. The number of ether oxygens (including phenoxy) is 1. The molecule has 0 spiro atoms. The molecular weight excluding hydrogens is 246 g/mol. The second-order valence-corrected chi connectivity index (χ2v) is 8.04. The fourth-order valence-electron chi connectivity index (χ4n) is 4.07. The van der Waals surface area contributed by atoms with E-state index in [1.807, 2.05) is 0 Å². The number of hydrogen-bond acceptors (Lipinski definition) is 2. The van der Waals surface area contributed by atoms with E-state index < -0.39 is 0 Å². The molecule has 0 aromatic rings. The molecule has 2 rings (SSSR count). The van der Waals surface area contributed by atoms with Crippen LogP contribution in [0.5, 0.6) is 0 Å². The first-order valence-electron chi connectivity index (χ1n) is 8.85. The maximum Gasteiger partial charge on any atom is 0.0613 e. The summed E-state index contributed by atoms with van der Waals surface area (Å²) in [5.41, 5.74) is 0.488. The van der Waals surface area contributed by atoms with Gasteiger partial charge in [-0.25, -0.2) is 0 Å². The molecule has 1 N–H and O–H groups in total. The molecule has 2 aliphatic rings. The molecule has 2 heteroatoms. The van der Waals surface area contributed by atoms with Gasteiger partial charge in [0, 0.05) is 19.2 Å². The van der Waals surface area contributed by atoms with Crippen LogP contribution in [0.25, 0.3) is 0 Å². The van der Waals surface area contributed by atoms with Crippen LogP contribution in [0.4, 0.5) is 0 Å². The van der Waals surface area contributed by atoms with Crippen molar-refractivity contribution in [3.63, 3.8) is 0 Å². The molecular formula is C18H35NO. The molecule has 0 aromatic heterocycles. The summed E-state index contributed by atoms with van der Waals surface area (Å²) in [6.07, 6.45) is 9.90. The molecule has 0 aromatic carbocycles. The maximum atomic E-state index is 5.80. The lowest BCUT2D eigenvalue weighted by Gasteiger charge is -2.30. The molecule has 0 bridgehead atoms. The molecule has 1 saturated carbocycles. The van der Waals surface area contributed by atoms with E-state index in [0.717, 1.165) is 24.5 Å². The molecule has 1 heterocycles. The summed E-state index contributed by atoms with van der Waals surface area (Å²) in [5, 5.41) is 3.86. The molecule has 1 aliphatic heterocycles. The molecule has 0 amide bonds. The lowest BCUT2D eigenvalue weighted by atomic mass is 9.76. The van der Waals surface area contributed by atoms with E-state index >= 15 is 0 Å². The maximum absolute atomic E-state index is 5.80. The minimum Gasteiger partial charge on any atom is -0.378 e. The third-order valence-electron chi connectivity index (χ3n) is 5.61. The minimum atomic E-state index is 0.488. The largest absolute Gasteiger partial charge is 0.378 e. The first kappa shape index (κ1) is 16.3. The van der Waals surface area contributed by atoms with Crippen molar-refractivity contribution < 1.29 is 4.74 Å². The number of hydrogen-bond donors (Lipinski definition) is 1. The highest BCUT2D eigenvalue weighted by molar-refractivity contribution is 4.83. The fourth-order valence-corrected chi connectivity index (χ4v) is 4.07. The van der Waals surface area contributed by atoms with Gasteiger partial charge >= 0.3 is 0 Å². The third-order valence-corrected chi connectivity index (χ3v) is 5.61. The van der Waals surface area contributed by atoms with Crippen molar-refractivity contribution >= 4 is 0 Å². The Hall–Kier alpha value is -0.0800. The average Bonchev–Trinajstić information content (AvgIpc) is 2.70. The van der Waals surface area contributed by atoms with E-state index in [9.17, 15) is 0 Å². The monoisotopic (exact) mass is 281 g/mol. The van der Waals surface area contributed by atoms with Crippen LogP contribution in [0.15, 0.2) is 0 Å². The van der Waals surface area contributed by atoms with Gasteiger partial charge in [-0.3, -0.25) is 0 Å². The topological polar surface area (TPSA) is 21.3 Å². The number of nitrogens with one attached hydrogen (secondary N) is 1. The fraction of sp³-hybridized carbons (Fsp3) is 1.00. The van der Waals surface area contributed by atoms with Crippen molar-refractivity contribution in [1.82, 2.24) is 5.32 Å². The molecule has 2 nitrogen and oxygen atoms in total. The van der Waals surface area contributed by atoms with Crippen molar-refractivity contribution in [2.75, 3.05) is 13.2 Å². The zero-order valence-electron chi connectivity index (χ0n) is 14.1. The summed E-state index contributed by atoms with van der Waals surface area (Å²) in [7, 11) is 0. The smallest absolute Gasteiger partial charge is 0.0613 e. The Morgan fingerprint density at radius 3 is 2.55 bits per heavy atom. The minimum absolute atomic E-state index is 0.488. The molecule has 1 aliphatic carbocycles. The highest BCUT2D eigenvalue weighted by atomic mass is 16.5. The summed E-state index contributed by atoms with van der Waals surface area (Å²) in [4.78, 5) is 0. The van der Waals surface area contributed by atoms with Crippen LogP contribution >= 0.6 is 0 Å². The van der Waals surface area contributed by atoms with E-state index in [-0.39, 0.29) is 0 Å². The molecule has 1 saturated heterocycles. The van der Waals surface area contributed by atoms with Gasteiger partial charge in [-0.15, -0.1) is 0 Å². The van der Waals surface area contributed by atoms with E-state index in [0.29, 0.717) is 11.5 Å². The van der Waals surface area contributed by atoms with Gasteiger partial charge < -0.3 is 10.1 Å². The normalized spacial score (nSPS) is 36.0. The summed E-state index contributed by atoms with van der Waals surface area (Å²) >= 11 is 0.